The van der Waals surface area contributed by atoms with Gasteiger partial charge in [-0.2, -0.15) is 0 Å². The van der Waals surface area contributed by atoms with Crippen LogP contribution in [0.15, 0.2) is 0 Å². The molecular formula is C16H32O6. The molecule has 0 bridgehead atoms. The van der Waals surface area contributed by atoms with Crippen LogP contribution in [0, 0.1) is 0 Å². The molecule has 0 aliphatic heterocycles. The quantitative estimate of drug-likeness (QED) is 0.454. The number of ether oxygens (including phenoxy) is 6. The maximum absolute atomic E-state index is 5.85. The highest BCUT2D eigenvalue weighted by molar-refractivity contribution is 4.76. The van der Waals surface area contributed by atoms with Crippen LogP contribution in [-0.4, -0.2) is 79.3 Å². The van der Waals surface area contributed by atoms with Gasteiger partial charge in [0.25, 0.3) is 0 Å². The molecule has 1 rings (SSSR count). The Morgan fingerprint density at radius 2 is 1.14 bits per heavy atom. The maximum Gasteiger partial charge on any atom is 0.0837 e. The molecule has 0 aromatic rings. The highest BCUT2D eigenvalue weighted by Gasteiger charge is 2.25. The van der Waals surface area contributed by atoms with Crippen LogP contribution in [0.2, 0.25) is 0 Å². The average Bonchev–Trinajstić information content (AvgIpc) is 2.56. The minimum Gasteiger partial charge on any atom is -0.382 e. The van der Waals surface area contributed by atoms with Crippen LogP contribution in [0.3, 0.4) is 0 Å². The summed E-state index contributed by atoms with van der Waals surface area (Å²) in [5, 5.41) is 0. The van der Waals surface area contributed by atoms with E-state index in [9.17, 15) is 0 Å². The molecule has 0 spiro atoms. The van der Waals surface area contributed by atoms with Crippen molar-refractivity contribution in [2.24, 2.45) is 0 Å². The molecule has 0 unspecified atom stereocenters. The predicted molar refractivity (Wildman–Crippen MR) is 83.3 cm³/mol. The summed E-state index contributed by atoms with van der Waals surface area (Å²) in [5.74, 6) is 0. The lowest BCUT2D eigenvalue weighted by Gasteiger charge is -2.30. The van der Waals surface area contributed by atoms with Crippen LogP contribution >= 0.6 is 0 Å². The van der Waals surface area contributed by atoms with Crippen LogP contribution in [-0.2, 0) is 28.4 Å². The standard InChI is InChI=1S/C16H32O6/c1-17-7-8-19-9-10-20-11-12-21-13-14-22-16-6-4-3-5-15(16)18-2/h15-16H,3-14H2,1-2H3/t15-,16-/m1/s1. The molecule has 22 heavy (non-hydrogen) atoms. The Balaban J connectivity index is 1.81. The Kier molecular flexibility index (Phi) is 12.9. The van der Waals surface area contributed by atoms with Gasteiger partial charge in [-0.1, -0.05) is 12.8 Å². The fourth-order valence-electron chi connectivity index (χ4n) is 2.47. The van der Waals surface area contributed by atoms with Crippen molar-refractivity contribution in [3.63, 3.8) is 0 Å². The Bertz CT molecular complexity index is 239. The van der Waals surface area contributed by atoms with Crippen molar-refractivity contribution in [2.45, 2.75) is 37.9 Å². The van der Waals surface area contributed by atoms with Gasteiger partial charge in [0.15, 0.2) is 0 Å². The fourth-order valence-corrected chi connectivity index (χ4v) is 2.47. The summed E-state index contributed by atoms with van der Waals surface area (Å²) in [4.78, 5) is 0. The second-order valence-corrected chi connectivity index (χ2v) is 5.30. The Labute approximate surface area is 134 Å². The Morgan fingerprint density at radius 3 is 1.68 bits per heavy atom. The van der Waals surface area contributed by atoms with Gasteiger partial charge in [-0.15, -0.1) is 0 Å². The minimum atomic E-state index is 0.225. The third-order valence-electron chi connectivity index (χ3n) is 3.68. The smallest absolute Gasteiger partial charge is 0.0837 e. The Hall–Kier alpha value is -0.240. The molecule has 1 fully saturated rings. The first-order chi connectivity index (χ1) is 10.9. The maximum atomic E-state index is 5.85. The van der Waals surface area contributed by atoms with E-state index in [0.717, 1.165) is 12.8 Å². The first-order valence-corrected chi connectivity index (χ1v) is 8.25. The molecule has 2 atom stereocenters. The zero-order valence-corrected chi connectivity index (χ0v) is 14.1. The number of hydrogen-bond donors (Lipinski definition) is 0. The van der Waals surface area contributed by atoms with Crippen molar-refractivity contribution in [3.05, 3.63) is 0 Å². The van der Waals surface area contributed by atoms with E-state index in [0.29, 0.717) is 52.9 Å². The van der Waals surface area contributed by atoms with E-state index in [1.54, 1.807) is 14.2 Å². The monoisotopic (exact) mass is 320 g/mol. The molecule has 1 saturated carbocycles. The number of hydrogen-bond acceptors (Lipinski definition) is 6. The van der Waals surface area contributed by atoms with E-state index in [1.807, 2.05) is 0 Å². The molecule has 0 radical (unpaired) electrons. The van der Waals surface area contributed by atoms with Gasteiger partial charge in [-0.05, 0) is 12.8 Å². The molecule has 6 nitrogen and oxygen atoms in total. The molecule has 0 aromatic heterocycles. The van der Waals surface area contributed by atoms with Crippen molar-refractivity contribution < 1.29 is 28.4 Å². The summed E-state index contributed by atoms with van der Waals surface area (Å²) >= 11 is 0. The summed E-state index contributed by atoms with van der Waals surface area (Å²) < 4.78 is 32.3. The first kappa shape index (κ1) is 19.8. The second kappa shape index (κ2) is 14.4. The van der Waals surface area contributed by atoms with Crippen molar-refractivity contribution in [1.29, 1.82) is 0 Å². The molecule has 0 aromatic carbocycles. The summed E-state index contributed by atoms with van der Waals surface area (Å²) in [6, 6.07) is 0. The SMILES string of the molecule is COCCOCCOCCOCCO[C@@H]1CCCC[C@H]1OC. The number of methoxy groups -OCH3 is 2. The summed E-state index contributed by atoms with van der Waals surface area (Å²) in [6.07, 6.45) is 5.12. The van der Waals surface area contributed by atoms with Crippen LogP contribution in [0.4, 0.5) is 0 Å². The fraction of sp³-hybridized carbons (Fsp3) is 1.00. The van der Waals surface area contributed by atoms with Gasteiger partial charge in [0.2, 0.25) is 0 Å². The highest BCUT2D eigenvalue weighted by Crippen LogP contribution is 2.23. The molecular weight excluding hydrogens is 288 g/mol. The molecule has 0 saturated heterocycles. The first-order valence-electron chi connectivity index (χ1n) is 8.25. The van der Waals surface area contributed by atoms with E-state index >= 15 is 0 Å². The second-order valence-electron chi connectivity index (χ2n) is 5.30. The lowest BCUT2D eigenvalue weighted by atomic mass is 9.94. The van der Waals surface area contributed by atoms with Gasteiger partial charge < -0.3 is 28.4 Å². The number of rotatable bonds is 14. The largest absolute Gasteiger partial charge is 0.382 e. The lowest BCUT2D eigenvalue weighted by Crippen LogP contribution is -2.34. The lowest BCUT2D eigenvalue weighted by molar-refractivity contribution is -0.0904. The molecule has 0 amide bonds. The third-order valence-corrected chi connectivity index (χ3v) is 3.68. The third kappa shape index (κ3) is 9.71. The van der Waals surface area contributed by atoms with E-state index in [4.69, 9.17) is 28.4 Å². The average molecular weight is 320 g/mol. The summed E-state index contributed by atoms with van der Waals surface area (Å²) in [6.45, 7) is 4.78. The zero-order chi connectivity index (χ0) is 15.9. The van der Waals surface area contributed by atoms with Gasteiger partial charge in [-0.3, -0.25) is 0 Å². The van der Waals surface area contributed by atoms with Gasteiger partial charge >= 0.3 is 0 Å². The van der Waals surface area contributed by atoms with E-state index in [2.05, 4.69) is 0 Å². The molecule has 0 heterocycles. The van der Waals surface area contributed by atoms with Gasteiger partial charge in [-0.25, -0.2) is 0 Å². The normalized spacial score (nSPS) is 22.1. The van der Waals surface area contributed by atoms with Crippen LogP contribution in [0.1, 0.15) is 25.7 Å². The molecule has 132 valence electrons. The summed E-state index contributed by atoms with van der Waals surface area (Å²) in [7, 11) is 3.42. The van der Waals surface area contributed by atoms with E-state index < -0.39 is 0 Å². The van der Waals surface area contributed by atoms with Crippen molar-refractivity contribution >= 4 is 0 Å². The van der Waals surface area contributed by atoms with E-state index in [1.165, 1.54) is 12.8 Å². The van der Waals surface area contributed by atoms with Crippen molar-refractivity contribution in [3.8, 4) is 0 Å². The molecule has 1 aliphatic carbocycles. The van der Waals surface area contributed by atoms with Crippen LogP contribution in [0.5, 0.6) is 0 Å². The van der Waals surface area contributed by atoms with E-state index in [-0.39, 0.29) is 12.2 Å². The topological polar surface area (TPSA) is 55.4 Å². The van der Waals surface area contributed by atoms with Gasteiger partial charge in [0.05, 0.1) is 65.1 Å². The minimum absolute atomic E-state index is 0.225. The molecule has 1 aliphatic rings. The van der Waals surface area contributed by atoms with Crippen molar-refractivity contribution in [2.75, 3.05) is 67.1 Å². The summed E-state index contributed by atoms with van der Waals surface area (Å²) in [5.41, 5.74) is 0. The van der Waals surface area contributed by atoms with Gasteiger partial charge in [0, 0.05) is 14.2 Å². The van der Waals surface area contributed by atoms with Crippen LogP contribution in [0.25, 0.3) is 0 Å². The predicted octanol–water partition coefficient (Wildman–Crippen LogP) is 1.66. The molecule has 6 heteroatoms. The van der Waals surface area contributed by atoms with Crippen LogP contribution < -0.4 is 0 Å². The van der Waals surface area contributed by atoms with Crippen molar-refractivity contribution in [1.82, 2.24) is 0 Å². The zero-order valence-electron chi connectivity index (χ0n) is 14.1. The van der Waals surface area contributed by atoms with Gasteiger partial charge in [0.1, 0.15) is 0 Å². The Morgan fingerprint density at radius 1 is 0.636 bits per heavy atom. The molecule has 0 N–H and O–H groups in total. The highest BCUT2D eigenvalue weighted by atomic mass is 16.6.